The van der Waals surface area contributed by atoms with Crippen LogP contribution in [0.3, 0.4) is 0 Å². The van der Waals surface area contributed by atoms with Gasteiger partial charge >= 0.3 is 0 Å². The van der Waals surface area contributed by atoms with Gasteiger partial charge < -0.3 is 20.7 Å². The molecule has 0 spiro atoms. The first-order valence-corrected chi connectivity index (χ1v) is 10.5. The van der Waals surface area contributed by atoms with Gasteiger partial charge in [0.05, 0.1) is 12.0 Å². The van der Waals surface area contributed by atoms with E-state index in [0.717, 1.165) is 28.5 Å². The van der Waals surface area contributed by atoms with E-state index < -0.39 is 0 Å². The lowest BCUT2D eigenvalue weighted by molar-refractivity contribution is 0.103. The summed E-state index contributed by atoms with van der Waals surface area (Å²) in [7, 11) is 1.64. The van der Waals surface area contributed by atoms with Gasteiger partial charge in [0.2, 0.25) is 5.95 Å². The van der Waals surface area contributed by atoms with E-state index in [9.17, 15) is 4.79 Å². The van der Waals surface area contributed by atoms with Crippen LogP contribution in [0.4, 0.5) is 28.8 Å². The summed E-state index contributed by atoms with van der Waals surface area (Å²) in [5.74, 6) is 1.83. The van der Waals surface area contributed by atoms with Crippen molar-refractivity contribution in [3.8, 4) is 5.75 Å². The number of carbonyl (C=O) groups excluding carboxylic acids is 1. The van der Waals surface area contributed by atoms with Gasteiger partial charge in [-0.25, -0.2) is 4.98 Å². The maximum Gasteiger partial charge on any atom is 0.265 e. The molecule has 0 saturated carbocycles. The van der Waals surface area contributed by atoms with Crippen LogP contribution in [0.2, 0.25) is 0 Å². The molecule has 0 aliphatic rings. The maximum atomic E-state index is 12.2. The number of anilines is 5. The fourth-order valence-electron chi connectivity index (χ4n) is 2.88. The molecule has 31 heavy (non-hydrogen) atoms. The lowest BCUT2D eigenvalue weighted by Crippen LogP contribution is -2.10. The summed E-state index contributed by atoms with van der Waals surface area (Å²) in [6.07, 6.45) is 0. The molecule has 0 fully saturated rings. The molecule has 8 heteroatoms. The molecular weight excluding hydrogens is 410 g/mol. The number of benzene rings is 2. The highest BCUT2D eigenvalue weighted by Gasteiger charge is 2.08. The van der Waals surface area contributed by atoms with Crippen LogP contribution in [0, 0.1) is 6.92 Å². The summed E-state index contributed by atoms with van der Waals surface area (Å²) < 4.78 is 5.19. The van der Waals surface area contributed by atoms with Crippen LogP contribution in [0.5, 0.6) is 5.75 Å². The van der Waals surface area contributed by atoms with Crippen molar-refractivity contribution < 1.29 is 9.53 Å². The normalized spacial score (nSPS) is 10.4. The van der Waals surface area contributed by atoms with E-state index in [4.69, 9.17) is 4.74 Å². The van der Waals surface area contributed by atoms with Crippen LogP contribution in [-0.2, 0) is 0 Å². The highest BCUT2D eigenvalue weighted by Crippen LogP contribution is 2.22. The summed E-state index contributed by atoms with van der Waals surface area (Å²) >= 11 is 1.41. The molecule has 156 valence electrons. The quantitative estimate of drug-likeness (QED) is 0.353. The van der Waals surface area contributed by atoms with Crippen molar-refractivity contribution >= 4 is 46.1 Å². The van der Waals surface area contributed by atoms with Gasteiger partial charge in [0.1, 0.15) is 11.6 Å². The van der Waals surface area contributed by atoms with Crippen molar-refractivity contribution in [3.63, 3.8) is 0 Å². The Bertz CT molecular complexity index is 1160. The lowest BCUT2D eigenvalue weighted by atomic mass is 10.2. The fraction of sp³-hybridized carbons (Fsp3) is 0.0870. The smallest absolute Gasteiger partial charge is 0.265 e. The van der Waals surface area contributed by atoms with Crippen LogP contribution in [0.1, 0.15) is 15.4 Å². The van der Waals surface area contributed by atoms with Crippen LogP contribution >= 0.6 is 11.3 Å². The number of rotatable bonds is 7. The Hall–Kier alpha value is -3.91. The van der Waals surface area contributed by atoms with Gasteiger partial charge in [0.15, 0.2) is 0 Å². The zero-order valence-corrected chi connectivity index (χ0v) is 17.9. The van der Waals surface area contributed by atoms with Gasteiger partial charge in [-0.2, -0.15) is 4.98 Å². The molecule has 1 amide bonds. The van der Waals surface area contributed by atoms with Crippen molar-refractivity contribution in [2.75, 3.05) is 23.1 Å². The SMILES string of the molecule is COc1ccc(Nc2cc(C)nc(Nc3ccc(NC(=O)c4cccs4)cc3)n2)cc1. The van der Waals surface area contributed by atoms with Gasteiger partial charge in [-0.1, -0.05) is 6.07 Å². The van der Waals surface area contributed by atoms with E-state index in [1.807, 2.05) is 73.0 Å². The minimum absolute atomic E-state index is 0.119. The third kappa shape index (κ3) is 5.37. The maximum absolute atomic E-state index is 12.2. The van der Waals surface area contributed by atoms with Crippen LogP contribution in [0.15, 0.2) is 72.1 Å². The molecule has 0 aliphatic heterocycles. The number of aromatic nitrogens is 2. The molecule has 0 aliphatic carbocycles. The summed E-state index contributed by atoms with van der Waals surface area (Å²) in [6, 6.07) is 20.5. The number of hydrogen-bond donors (Lipinski definition) is 3. The summed E-state index contributed by atoms with van der Waals surface area (Å²) in [5, 5.41) is 11.2. The van der Waals surface area contributed by atoms with Crippen molar-refractivity contribution in [2.45, 2.75) is 6.92 Å². The molecular formula is C23H21N5O2S. The van der Waals surface area contributed by atoms with Gasteiger partial charge in [0.25, 0.3) is 5.91 Å². The van der Waals surface area contributed by atoms with Crippen molar-refractivity contribution in [3.05, 3.63) is 82.7 Å². The Morgan fingerprint density at radius 1 is 0.903 bits per heavy atom. The Morgan fingerprint density at radius 2 is 1.58 bits per heavy atom. The third-order valence-corrected chi connectivity index (χ3v) is 5.23. The second kappa shape index (κ2) is 9.27. The van der Waals surface area contributed by atoms with E-state index in [2.05, 4.69) is 25.9 Å². The van der Waals surface area contributed by atoms with E-state index >= 15 is 0 Å². The third-order valence-electron chi connectivity index (χ3n) is 4.36. The number of nitrogens with zero attached hydrogens (tertiary/aromatic N) is 2. The number of carbonyl (C=O) groups is 1. The fourth-order valence-corrected chi connectivity index (χ4v) is 3.50. The van der Waals surface area contributed by atoms with Crippen LogP contribution in [0.25, 0.3) is 0 Å². The Morgan fingerprint density at radius 3 is 2.26 bits per heavy atom. The topological polar surface area (TPSA) is 88.2 Å². The number of hydrogen-bond acceptors (Lipinski definition) is 7. The first-order chi connectivity index (χ1) is 15.1. The van der Waals surface area contributed by atoms with Gasteiger partial charge in [0, 0.05) is 28.8 Å². The number of amides is 1. The highest BCUT2D eigenvalue weighted by atomic mass is 32.1. The van der Waals surface area contributed by atoms with E-state index in [0.29, 0.717) is 16.6 Å². The number of ether oxygens (including phenoxy) is 1. The van der Waals surface area contributed by atoms with Crippen LogP contribution < -0.4 is 20.7 Å². The molecule has 0 atom stereocenters. The van der Waals surface area contributed by atoms with Crippen LogP contribution in [-0.4, -0.2) is 23.0 Å². The first kappa shape index (κ1) is 20.4. The highest BCUT2D eigenvalue weighted by molar-refractivity contribution is 7.12. The molecule has 0 unspecified atom stereocenters. The van der Waals surface area contributed by atoms with Gasteiger partial charge in [-0.05, 0) is 66.9 Å². The predicted octanol–water partition coefficient (Wildman–Crippen LogP) is 5.59. The monoisotopic (exact) mass is 431 g/mol. The second-order valence-corrected chi connectivity index (χ2v) is 7.65. The first-order valence-electron chi connectivity index (χ1n) is 9.58. The zero-order chi connectivity index (χ0) is 21.6. The minimum Gasteiger partial charge on any atom is -0.497 e. The Balaban J connectivity index is 1.43. The molecule has 4 rings (SSSR count). The average molecular weight is 432 g/mol. The largest absolute Gasteiger partial charge is 0.497 e. The molecule has 4 aromatic rings. The van der Waals surface area contributed by atoms with Gasteiger partial charge in [-0.3, -0.25) is 4.79 Å². The molecule has 0 bridgehead atoms. The average Bonchev–Trinajstić information content (AvgIpc) is 3.30. The molecule has 3 N–H and O–H groups in total. The molecule has 0 saturated heterocycles. The molecule has 2 aromatic carbocycles. The molecule has 7 nitrogen and oxygen atoms in total. The number of aryl methyl sites for hydroxylation is 1. The predicted molar refractivity (Wildman–Crippen MR) is 125 cm³/mol. The molecule has 2 heterocycles. The number of methoxy groups -OCH3 is 1. The van der Waals surface area contributed by atoms with E-state index in [1.165, 1.54) is 11.3 Å². The van der Waals surface area contributed by atoms with E-state index in [-0.39, 0.29) is 5.91 Å². The Kier molecular flexibility index (Phi) is 6.09. The standard InChI is InChI=1S/C23H21N5O2S/c1-15-14-21(25-16-9-11-19(30-2)12-10-16)28-23(24-15)27-18-7-5-17(6-8-18)26-22(29)20-4-3-13-31-20/h3-14H,1-2H3,(H,26,29)(H2,24,25,27,28). The summed E-state index contributed by atoms with van der Waals surface area (Å²) in [6.45, 7) is 1.91. The van der Waals surface area contributed by atoms with Crippen molar-refractivity contribution in [2.24, 2.45) is 0 Å². The second-order valence-electron chi connectivity index (χ2n) is 6.71. The van der Waals surface area contributed by atoms with E-state index in [1.54, 1.807) is 13.2 Å². The van der Waals surface area contributed by atoms with Crippen molar-refractivity contribution in [1.82, 2.24) is 9.97 Å². The number of thiophene rings is 1. The zero-order valence-electron chi connectivity index (χ0n) is 17.0. The molecule has 2 aromatic heterocycles. The summed E-state index contributed by atoms with van der Waals surface area (Å²) in [5.41, 5.74) is 3.26. The summed E-state index contributed by atoms with van der Waals surface area (Å²) in [4.78, 5) is 21.8. The lowest BCUT2D eigenvalue weighted by Gasteiger charge is -2.11. The van der Waals surface area contributed by atoms with Crippen molar-refractivity contribution in [1.29, 1.82) is 0 Å². The number of nitrogens with one attached hydrogen (secondary N) is 3. The van der Waals surface area contributed by atoms with Gasteiger partial charge in [-0.15, -0.1) is 11.3 Å². The molecule has 0 radical (unpaired) electrons. The Labute approximate surface area is 184 Å². The minimum atomic E-state index is -0.119.